The van der Waals surface area contributed by atoms with Gasteiger partial charge in [0.1, 0.15) is 0 Å². The van der Waals surface area contributed by atoms with Gasteiger partial charge in [-0.3, -0.25) is 4.79 Å². The number of benzene rings is 2. The highest BCUT2D eigenvalue weighted by molar-refractivity contribution is 5.76. The number of amides is 1. The van der Waals surface area contributed by atoms with E-state index < -0.39 is 0 Å². The molecule has 1 atom stereocenters. The van der Waals surface area contributed by atoms with Crippen LogP contribution in [0.3, 0.4) is 0 Å². The summed E-state index contributed by atoms with van der Waals surface area (Å²) in [5.41, 5.74) is 10.5. The molecule has 0 fully saturated rings. The van der Waals surface area contributed by atoms with Crippen LogP contribution in [0.25, 0.3) is 0 Å². The number of fused-ring (bicyclic) bond motifs is 1. The molecule has 1 amide bonds. The Bertz CT molecular complexity index is 616. The van der Waals surface area contributed by atoms with Crippen LogP contribution in [0.5, 0.6) is 0 Å². The Morgan fingerprint density at radius 1 is 1.10 bits per heavy atom. The van der Waals surface area contributed by atoms with Gasteiger partial charge in [-0.2, -0.15) is 0 Å². The monoisotopic (exact) mass is 265 g/mol. The van der Waals surface area contributed by atoms with Gasteiger partial charge in [0.25, 0.3) is 0 Å². The van der Waals surface area contributed by atoms with Crippen molar-refractivity contribution in [2.24, 2.45) is 5.73 Å². The van der Waals surface area contributed by atoms with Crippen molar-refractivity contribution in [2.45, 2.75) is 31.6 Å². The van der Waals surface area contributed by atoms with Crippen LogP contribution in [0.4, 0.5) is 0 Å². The van der Waals surface area contributed by atoms with Crippen LogP contribution in [-0.4, -0.2) is 5.91 Å². The minimum atomic E-state index is -0.277. The number of aryl methyl sites for hydroxylation is 1. The normalized spacial score (nSPS) is 17.5. The molecule has 1 aliphatic carbocycles. The van der Waals surface area contributed by atoms with Crippen molar-refractivity contribution in [3.05, 3.63) is 70.8 Å². The summed E-state index contributed by atoms with van der Waals surface area (Å²) in [5.74, 6) is 0.211. The van der Waals surface area contributed by atoms with Crippen molar-refractivity contribution in [1.82, 2.24) is 0 Å². The van der Waals surface area contributed by atoms with Crippen LogP contribution in [0, 0.1) is 0 Å². The molecule has 3 rings (SSSR count). The van der Waals surface area contributed by atoms with E-state index in [1.165, 1.54) is 36.0 Å². The minimum absolute atomic E-state index is 0.277. The molecular weight excluding hydrogens is 246 g/mol. The third kappa shape index (κ3) is 2.60. The number of rotatable bonds is 3. The van der Waals surface area contributed by atoms with Gasteiger partial charge in [-0.1, -0.05) is 48.5 Å². The van der Waals surface area contributed by atoms with Crippen molar-refractivity contribution >= 4 is 5.91 Å². The molecule has 1 aliphatic rings. The summed E-state index contributed by atoms with van der Waals surface area (Å²) in [6.45, 7) is 0. The van der Waals surface area contributed by atoms with Gasteiger partial charge in [0.05, 0.1) is 6.42 Å². The predicted molar refractivity (Wildman–Crippen MR) is 80.6 cm³/mol. The third-order valence-corrected chi connectivity index (χ3v) is 4.13. The largest absolute Gasteiger partial charge is 0.369 e. The predicted octanol–water partition coefficient (Wildman–Crippen LogP) is 3.18. The van der Waals surface area contributed by atoms with Crippen LogP contribution < -0.4 is 5.73 Å². The number of hydrogen-bond acceptors (Lipinski definition) is 1. The minimum Gasteiger partial charge on any atom is -0.369 e. The number of carbonyl (C=O) groups is 1. The van der Waals surface area contributed by atoms with Crippen molar-refractivity contribution in [3.63, 3.8) is 0 Å². The van der Waals surface area contributed by atoms with Crippen molar-refractivity contribution in [3.8, 4) is 0 Å². The Kier molecular flexibility index (Phi) is 3.55. The summed E-state index contributed by atoms with van der Waals surface area (Å²) >= 11 is 0. The Balaban J connectivity index is 1.88. The molecule has 102 valence electrons. The van der Waals surface area contributed by atoms with Gasteiger partial charge in [-0.15, -0.1) is 0 Å². The number of carbonyl (C=O) groups excluding carboxylic acids is 1. The topological polar surface area (TPSA) is 43.1 Å². The average Bonchev–Trinajstić information content (AvgIpc) is 2.47. The Labute approximate surface area is 119 Å². The number of nitrogens with two attached hydrogens (primary N) is 1. The van der Waals surface area contributed by atoms with Crippen LogP contribution >= 0.6 is 0 Å². The Morgan fingerprint density at radius 2 is 1.85 bits per heavy atom. The van der Waals surface area contributed by atoms with Gasteiger partial charge in [0.2, 0.25) is 5.91 Å². The highest BCUT2D eigenvalue weighted by Gasteiger charge is 2.21. The van der Waals surface area contributed by atoms with E-state index in [1.807, 2.05) is 12.1 Å². The molecule has 0 radical (unpaired) electrons. The number of hydrogen-bond donors (Lipinski definition) is 1. The first-order chi connectivity index (χ1) is 9.74. The fraction of sp³-hybridized carbons (Fsp3) is 0.278. The molecule has 2 heteroatoms. The summed E-state index contributed by atoms with van der Waals surface area (Å²) in [4.78, 5) is 10.9. The van der Waals surface area contributed by atoms with E-state index in [0.717, 1.165) is 5.56 Å². The summed E-state index contributed by atoms with van der Waals surface area (Å²) < 4.78 is 0. The van der Waals surface area contributed by atoms with Crippen molar-refractivity contribution in [2.75, 3.05) is 0 Å². The van der Waals surface area contributed by atoms with Crippen LogP contribution in [0.15, 0.2) is 48.5 Å². The second-order valence-electron chi connectivity index (χ2n) is 5.53. The fourth-order valence-electron chi connectivity index (χ4n) is 3.17. The molecular formula is C18H19NO. The molecule has 0 saturated carbocycles. The van der Waals surface area contributed by atoms with Gasteiger partial charge >= 0.3 is 0 Å². The fourth-order valence-corrected chi connectivity index (χ4v) is 3.17. The maximum absolute atomic E-state index is 10.9. The molecule has 0 spiro atoms. The standard InChI is InChI=1S/C18H19NO/c19-18(20)12-13-8-10-15(11-9-13)17-7-3-5-14-4-1-2-6-16(14)17/h1-2,4,6,8-11,17H,3,5,7,12H2,(H2,19,20)/t17-/m0/s1. The second kappa shape index (κ2) is 5.49. The lowest BCUT2D eigenvalue weighted by Crippen LogP contribution is -2.14. The molecule has 0 saturated heterocycles. The zero-order chi connectivity index (χ0) is 13.9. The molecule has 2 nitrogen and oxygen atoms in total. The van der Waals surface area contributed by atoms with E-state index in [1.54, 1.807) is 0 Å². The van der Waals surface area contributed by atoms with Crippen LogP contribution in [-0.2, 0) is 17.6 Å². The molecule has 2 aromatic rings. The third-order valence-electron chi connectivity index (χ3n) is 4.13. The SMILES string of the molecule is NC(=O)Cc1ccc([C@@H]2CCCc3ccccc32)cc1. The highest BCUT2D eigenvalue weighted by Crippen LogP contribution is 2.36. The summed E-state index contributed by atoms with van der Waals surface area (Å²) in [6.07, 6.45) is 3.95. The molecule has 0 aromatic heterocycles. The van der Waals surface area contributed by atoms with E-state index in [2.05, 4.69) is 36.4 Å². The molecule has 2 N–H and O–H groups in total. The lowest BCUT2D eigenvalue weighted by Gasteiger charge is -2.26. The molecule has 20 heavy (non-hydrogen) atoms. The second-order valence-corrected chi connectivity index (χ2v) is 5.53. The average molecular weight is 265 g/mol. The summed E-state index contributed by atoms with van der Waals surface area (Å²) in [6, 6.07) is 17.1. The molecule has 0 heterocycles. The molecule has 0 bridgehead atoms. The zero-order valence-corrected chi connectivity index (χ0v) is 11.5. The van der Waals surface area contributed by atoms with E-state index in [0.29, 0.717) is 12.3 Å². The Hall–Kier alpha value is -2.09. The van der Waals surface area contributed by atoms with E-state index in [9.17, 15) is 4.79 Å². The molecule has 2 aromatic carbocycles. The summed E-state index contributed by atoms with van der Waals surface area (Å²) in [5, 5.41) is 0. The lowest BCUT2D eigenvalue weighted by atomic mass is 9.79. The highest BCUT2D eigenvalue weighted by atomic mass is 16.1. The first-order valence-electron chi connectivity index (χ1n) is 7.19. The van der Waals surface area contributed by atoms with Gasteiger partial charge < -0.3 is 5.73 Å². The molecule has 0 aliphatic heterocycles. The van der Waals surface area contributed by atoms with Gasteiger partial charge in [-0.05, 0) is 41.5 Å². The maximum Gasteiger partial charge on any atom is 0.221 e. The van der Waals surface area contributed by atoms with Crippen LogP contribution in [0.2, 0.25) is 0 Å². The van der Waals surface area contributed by atoms with Gasteiger partial charge in [0, 0.05) is 5.92 Å². The zero-order valence-electron chi connectivity index (χ0n) is 11.5. The first kappa shape index (κ1) is 12.9. The van der Waals surface area contributed by atoms with Gasteiger partial charge in [0.15, 0.2) is 0 Å². The number of primary amides is 1. The smallest absolute Gasteiger partial charge is 0.221 e. The van der Waals surface area contributed by atoms with E-state index >= 15 is 0 Å². The molecule has 0 unspecified atom stereocenters. The maximum atomic E-state index is 10.9. The lowest BCUT2D eigenvalue weighted by molar-refractivity contribution is -0.117. The summed E-state index contributed by atoms with van der Waals surface area (Å²) in [7, 11) is 0. The Morgan fingerprint density at radius 3 is 2.60 bits per heavy atom. The van der Waals surface area contributed by atoms with Crippen molar-refractivity contribution in [1.29, 1.82) is 0 Å². The quantitative estimate of drug-likeness (QED) is 0.910. The van der Waals surface area contributed by atoms with Gasteiger partial charge in [-0.25, -0.2) is 0 Å². The first-order valence-corrected chi connectivity index (χ1v) is 7.19. The van der Waals surface area contributed by atoms with E-state index in [-0.39, 0.29) is 5.91 Å². The van der Waals surface area contributed by atoms with E-state index in [4.69, 9.17) is 5.73 Å². The van der Waals surface area contributed by atoms with Crippen LogP contribution in [0.1, 0.15) is 41.0 Å². The van der Waals surface area contributed by atoms with Crippen molar-refractivity contribution < 1.29 is 4.79 Å².